The molecule has 0 saturated carbocycles. The Bertz CT molecular complexity index is 603. The van der Waals surface area contributed by atoms with Crippen LogP contribution in [0.5, 0.6) is 5.75 Å². The molecule has 0 radical (unpaired) electrons. The molecule has 20 heavy (non-hydrogen) atoms. The molecule has 1 N–H and O–H groups in total. The lowest BCUT2D eigenvalue weighted by atomic mass is 10.1. The SMILES string of the molecule is CN(C)c1ccc(CC=Cc2ccc(O)c(Cl)c2)cc1. The van der Waals surface area contributed by atoms with Crippen LogP contribution in [0.25, 0.3) is 6.08 Å². The van der Waals surface area contributed by atoms with Crippen molar-refractivity contribution in [2.45, 2.75) is 6.42 Å². The summed E-state index contributed by atoms with van der Waals surface area (Å²) in [6.07, 6.45) is 4.96. The molecule has 0 aliphatic carbocycles. The highest BCUT2D eigenvalue weighted by molar-refractivity contribution is 6.32. The molecular formula is C17H18ClNO. The Morgan fingerprint density at radius 3 is 2.40 bits per heavy atom. The summed E-state index contributed by atoms with van der Waals surface area (Å²) in [6.45, 7) is 0. The lowest BCUT2D eigenvalue weighted by molar-refractivity contribution is 0.475. The quantitative estimate of drug-likeness (QED) is 0.903. The van der Waals surface area contributed by atoms with E-state index in [2.05, 4.69) is 35.2 Å². The van der Waals surface area contributed by atoms with Gasteiger partial charge in [0.05, 0.1) is 5.02 Å². The Morgan fingerprint density at radius 2 is 1.80 bits per heavy atom. The maximum atomic E-state index is 9.36. The van der Waals surface area contributed by atoms with Crippen molar-refractivity contribution in [1.82, 2.24) is 0 Å². The van der Waals surface area contributed by atoms with Crippen molar-refractivity contribution in [2.75, 3.05) is 19.0 Å². The molecular weight excluding hydrogens is 270 g/mol. The zero-order valence-electron chi connectivity index (χ0n) is 11.7. The number of halogens is 1. The van der Waals surface area contributed by atoms with Crippen LogP contribution in [0.1, 0.15) is 11.1 Å². The second kappa shape index (κ2) is 6.49. The van der Waals surface area contributed by atoms with Gasteiger partial charge in [0.2, 0.25) is 0 Å². The van der Waals surface area contributed by atoms with Crippen LogP contribution >= 0.6 is 11.6 Å². The maximum Gasteiger partial charge on any atom is 0.134 e. The number of hydrogen-bond acceptors (Lipinski definition) is 2. The highest BCUT2D eigenvalue weighted by Crippen LogP contribution is 2.24. The lowest BCUT2D eigenvalue weighted by Crippen LogP contribution is -2.08. The Hall–Kier alpha value is -1.93. The Kier molecular flexibility index (Phi) is 4.70. The molecule has 2 aromatic carbocycles. The molecule has 0 heterocycles. The van der Waals surface area contributed by atoms with Gasteiger partial charge in [0, 0.05) is 19.8 Å². The number of phenols is 1. The van der Waals surface area contributed by atoms with Gasteiger partial charge in [-0.1, -0.05) is 42.0 Å². The molecule has 0 amide bonds. The van der Waals surface area contributed by atoms with Crippen LogP contribution in [0, 0.1) is 0 Å². The normalized spacial score (nSPS) is 10.9. The van der Waals surface area contributed by atoms with Crippen molar-refractivity contribution in [3.8, 4) is 5.75 Å². The first-order valence-corrected chi connectivity index (χ1v) is 6.85. The van der Waals surface area contributed by atoms with E-state index >= 15 is 0 Å². The first-order valence-electron chi connectivity index (χ1n) is 6.47. The van der Waals surface area contributed by atoms with Crippen LogP contribution in [-0.2, 0) is 6.42 Å². The van der Waals surface area contributed by atoms with Gasteiger partial charge in [-0.3, -0.25) is 0 Å². The molecule has 0 atom stereocenters. The van der Waals surface area contributed by atoms with Gasteiger partial charge < -0.3 is 10.0 Å². The first kappa shape index (κ1) is 14.5. The molecule has 2 nitrogen and oxygen atoms in total. The van der Waals surface area contributed by atoms with Crippen molar-refractivity contribution < 1.29 is 5.11 Å². The van der Waals surface area contributed by atoms with Crippen molar-refractivity contribution in [3.05, 3.63) is 64.7 Å². The second-order valence-electron chi connectivity index (χ2n) is 4.88. The summed E-state index contributed by atoms with van der Waals surface area (Å²) in [5.41, 5.74) is 3.44. The van der Waals surface area contributed by atoms with Gasteiger partial charge in [0.1, 0.15) is 5.75 Å². The van der Waals surface area contributed by atoms with Crippen molar-refractivity contribution in [1.29, 1.82) is 0 Å². The second-order valence-corrected chi connectivity index (χ2v) is 5.29. The smallest absolute Gasteiger partial charge is 0.134 e. The monoisotopic (exact) mass is 287 g/mol. The fraction of sp³-hybridized carbons (Fsp3) is 0.176. The van der Waals surface area contributed by atoms with Gasteiger partial charge >= 0.3 is 0 Å². The minimum absolute atomic E-state index is 0.114. The highest BCUT2D eigenvalue weighted by atomic mass is 35.5. The summed E-state index contributed by atoms with van der Waals surface area (Å²) in [5, 5.41) is 9.74. The minimum atomic E-state index is 0.114. The number of hydrogen-bond donors (Lipinski definition) is 1. The summed E-state index contributed by atoms with van der Waals surface area (Å²) in [6, 6.07) is 13.7. The van der Waals surface area contributed by atoms with E-state index in [-0.39, 0.29) is 5.75 Å². The van der Waals surface area contributed by atoms with Crippen molar-refractivity contribution >= 4 is 23.4 Å². The Balaban J connectivity index is 2.00. The molecule has 3 heteroatoms. The predicted octanol–water partition coefficient (Wildman–Crippen LogP) is 4.37. The highest BCUT2D eigenvalue weighted by Gasteiger charge is 1.97. The van der Waals surface area contributed by atoms with E-state index in [0.29, 0.717) is 5.02 Å². The third-order valence-electron chi connectivity index (χ3n) is 3.09. The van der Waals surface area contributed by atoms with Gasteiger partial charge in [-0.15, -0.1) is 0 Å². The van der Waals surface area contributed by atoms with E-state index < -0.39 is 0 Å². The van der Waals surface area contributed by atoms with E-state index in [4.69, 9.17) is 11.6 Å². The van der Waals surface area contributed by atoms with E-state index in [1.807, 2.05) is 26.2 Å². The minimum Gasteiger partial charge on any atom is -0.506 e. The molecule has 0 bridgehead atoms. The Labute approximate surface area is 124 Å². The fourth-order valence-electron chi connectivity index (χ4n) is 1.89. The number of phenolic OH excluding ortho intramolecular Hbond substituents is 1. The third-order valence-corrected chi connectivity index (χ3v) is 3.39. The molecule has 0 aromatic heterocycles. The summed E-state index contributed by atoms with van der Waals surface area (Å²) in [4.78, 5) is 2.08. The zero-order chi connectivity index (χ0) is 14.5. The van der Waals surface area contributed by atoms with Crippen molar-refractivity contribution in [2.24, 2.45) is 0 Å². The number of nitrogens with zero attached hydrogens (tertiary/aromatic N) is 1. The Morgan fingerprint density at radius 1 is 1.10 bits per heavy atom. The molecule has 0 spiro atoms. The molecule has 0 fully saturated rings. The van der Waals surface area contributed by atoms with Gasteiger partial charge in [0.25, 0.3) is 0 Å². The van der Waals surface area contributed by atoms with Crippen LogP contribution in [0.4, 0.5) is 5.69 Å². The summed E-state index contributed by atoms with van der Waals surface area (Å²) < 4.78 is 0. The van der Waals surface area contributed by atoms with Gasteiger partial charge in [-0.05, 0) is 41.8 Å². The van der Waals surface area contributed by atoms with Gasteiger partial charge in [0.15, 0.2) is 0 Å². The average molecular weight is 288 g/mol. The van der Waals surface area contributed by atoms with Gasteiger partial charge in [-0.25, -0.2) is 0 Å². The van der Waals surface area contributed by atoms with Crippen LogP contribution in [-0.4, -0.2) is 19.2 Å². The topological polar surface area (TPSA) is 23.5 Å². The first-order chi connectivity index (χ1) is 9.56. The predicted molar refractivity (Wildman–Crippen MR) is 86.6 cm³/mol. The molecule has 0 unspecified atom stereocenters. The number of aromatic hydroxyl groups is 1. The zero-order valence-corrected chi connectivity index (χ0v) is 12.4. The largest absolute Gasteiger partial charge is 0.506 e. The van der Waals surface area contributed by atoms with Crippen LogP contribution < -0.4 is 4.90 Å². The van der Waals surface area contributed by atoms with E-state index in [9.17, 15) is 5.11 Å². The summed E-state index contributed by atoms with van der Waals surface area (Å²) in [7, 11) is 4.06. The standard InChI is InChI=1S/C17H18ClNO/c1-19(2)15-9-6-13(7-10-15)4-3-5-14-8-11-17(20)16(18)12-14/h3,5-12,20H,4H2,1-2H3. The maximum absolute atomic E-state index is 9.36. The molecule has 0 saturated heterocycles. The summed E-state index contributed by atoms with van der Waals surface area (Å²) in [5.74, 6) is 0.114. The average Bonchev–Trinajstić information content (AvgIpc) is 2.43. The van der Waals surface area contributed by atoms with Crippen LogP contribution in [0.15, 0.2) is 48.5 Å². The fourth-order valence-corrected chi connectivity index (χ4v) is 2.08. The third kappa shape index (κ3) is 3.78. The number of benzene rings is 2. The van der Waals surface area contributed by atoms with E-state index in [0.717, 1.165) is 12.0 Å². The molecule has 0 aliphatic rings. The molecule has 0 aliphatic heterocycles. The number of rotatable bonds is 4. The van der Waals surface area contributed by atoms with Crippen LogP contribution in [0.2, 0.25) is 5.02 Å². The lowest BCUT2D eigenvalue weighted by Gasteiger charge is -2.12. The number of anilines is 1. The van der Waals surface area contributed by atoms with Crippen molar-refractivity contribution in [3.63, 3.8) is 0 Å². The van der Waals surface area contributed by atoms with Gasteiger partial charge in [-0.2, -0.15) is 0 Å². The van der Waals surface area contributed by atoms with Crippen LogP contribution in [0.3, 0.4) is 0 Å². The summed E-state index contributed by atoms with van der Waals surface area (Å²) >= 11 is 5.87. The number of allylic oxidation sites excluding steroid dienone is 1. The van der Waals surface area contributed by atoms with E-state index in [1.165, 1.54) is 11.3 Å². The van der Waals surface area contributed by atoms with E-state index in [1.54, 1.807) is 12.1 Å². The molecule has 2 aromatic rings. The molecule has 2 rings (SSSR count). The molecule has 104 valence electrons.